The van der Waals surface area contributed by atoms with Crippen LogP contribution in [0.4, 0.5) is 13.2 Å². The first-order valence-corrected chi connectivity index (χ1v) is 7.15. The second-order valence-electron chi connectivity index (χ2n) is 5.78. The maximum atomic E-state index is 12.1. The first-order chi connectivity index (χ1) is 9.90. The second kappa shape index (κ2) is 5.40. The van der Waals surface area contributed by atoms with Gasteiger partial charge < -0.3 is 14.4 Å². The molecular weight excluding hydrogens is 283 g/mol. The number of ether oxygens (including phenoxy) is 2. The van der Waals surface area contributed by atoms with Crippen LogP contribution in [0, 0.1) is 0 Å². The second-order valence-corrected chi connectivity index (χ2v) is 5.78. The molecule has 2 aliphatic heterocycles. The van der Waals surface area contributed by atoms with Crippen molar-refractivity contribution in [1.29, 1.82) is 0 Å². The minimum absolute atomic E-state index is 0.146. The molecule has 21 heavy (non-hydrogen) atoms. The average Bonchev–Trinajstić information content (AvgIpc) is 2.62. The average molecular weight is 301 g/mol. The Bertz CT molecular complexity index is 475. The maximum Gasteiger partial charge on any atom is 0.573 e. The van der Waals surface area contributed by atoms with Crippen molar-refractivity contribution < 1.29 is 22.6 Å². The van der Waals surface area contributed by atoms with E-state index in [4.69, 9.17) is 4.74 Å². The van der Waals surface area contributed by atoms with E-state index < -0.39 is 6.36 Å². The molecule has 0 amide bonds. The Morgan fingerprint density at radius 3 is 2.05 bits per heavy atom. The molecule has 2 unspecified atom stereocenters. The summed E-state index contributed by atoms with van der Waals surface area (Å²) in [6.45, 7) is 0. The predicted octanol–water partition coefficient (Wildman–Crippen LogP) is 3.59. The summed E-state index contributed by atoms with van der Waals surface area (Å²) < 4.78 is 46.0. The van der Waals surface area contributed by atoms with Crippen LogP contribution in [0.15, 0.2) is 24.3 Å². The standard InChI is InChI=1S/C15H18F3NO2/c1-19-10-2-3-11(19)9-14(8-10)20-12-4-6-13(7-5-12)21-15(16,17)18/h4-7,10-11,14H,2-3,8-9H2,1H3. The van der Waals surface area contributed by atoms with Gasteiger partial charge in [-0.25, -0.2) is 0 Å². The Balaban J connectivity index is 1.59. The highest BCUT2D eigenvalue weighted by atomic mass is 19.4. The summed E-state index contributed by atoms with van der Waals surface area (Å²) in [5, 5.41) is 0. The summed E-state index contributed by atoms with van der Waals surface area (Å²) in [5.41, 5.74) is 0. The lowest BCUT2D eigenvalue weighted by Crippen LogP contribution is -2.43. The van der Waals surface area contributed by atoms with E-state index in [1.54, 1.807) is 0 Å². The third-order valence-electron chi connectivity index (χ3n) is 4.42. The van der Waals surface area contributed by atoms with Crippen molar-refractivity contribution in [3.8, 4) is 11.5 Å². The number of alkyl halides is 3. The number of piperidine rings is 1. The lowest BCUT2D eigenvalue weighted by molar-refractivity contribution is -0.274. The molecule has 2 fully saturated rings. The van der Waals surface area contributed by atoms with Crippen LogP contribution in [0.1, 0.15) is 25.7 Å². The first kappa shape index (κ1) is 14.5. The Morgan fingerprint density at radius 1 is 1.00 bits per heavy atom. The number of hydrogen-bond donors (Lipinski definition) is 0. The van der Waals surface area contributed by atoms with E-state index in [0.717, 1.165) is 12.8 Å². The molecule has 0 N–H and O–H groups in total. The largest absolute Gasteiger partial charge is 0.573 e. The van der Waals surface area contributed by atoms with Crippen LogP contribution in [-0.2, 0) is 0 Å². The molecule has 0 spiro atoms. The summed E-state index contributed by atoms with van der Waals surface area (Å²) >= 11 is 0. The molecule has 1 aromatic rings. The van der Waals surface area contributed by atoms with E-state index in [-0.39, 0.29) is 11.9 Å². The number of nitrogens with zero attached hydrogens (tertiary/aromatic N) is 1. The minimum Gasteiger partial charge on any atom is -0.490 e. The van der Waals surface area contributed by atoms with Gasteiger partial charge in [0.1, 0.15) is 17.6 Å². The summed E-state index contributed by atoms with van der Waals surface area (Å²) in [5.74, 6) is 0.372. The van der Waals surface area contributed by atoms with E-state index in [1.807, 2.05) is 0 Å². The number of halogens is 3. The van der Waals surface area contributed by atoms with Crippen molar-refractivity contribution >= 4 is 0 Å². The highest BCUT2D eigenvalue weighted by molar-refractivity contribution is 5.31. The van der Waals surface area contributed by atoms with Gasteiger partial charge in [0.2, 0.25) is 0 Å². The zero-order valence-electron chi connectivity index (χ0n) is 11.8. The summed E-state index contributed by atoms with van der Waals surface area (Å²) in [7, 11) is 2.15. The van der Waals surface area contributed by atoms with Crippen LogP contribution in [0.5, 0.6) is 11.5 Å². The Kier molecular flexibility index (Phi) is 3.73. The van der Waals surface area contributed by atoms with Crippen LogP contribution in [0.2, 0.25) is 0 Å². The molecule has 0 aliphatic carbocycles. The number of benzene rings is 1. The fraction of sp³-hybridized carbons (Fsp3) is 0.600. The van der Waals surface area contributed by atoms with E-state index in [0.29, 0.717) is 17.8 Å². The number of rotatable bonds is 3. The molecule has 2 heterocycles. The minimum atomic E-state index is -4.66. The monoisotopic (exact) mass is 301 g/mol. The maximum absolute atomic E-state index is 12.1. The lowest BCUT2D eigenvalue weighted by atomic mass is 10.0. The van der Waals surface area contributed by atoms with E-state index >= 15 is 0 Å². The molecule has 2 aliphatic rings. The summed E-state index contributed by atoms with van der Waals surface area (Å²) in [6.07, 6.45) is -0.135. The molecule has 2 atom stereocenters. The van der Waals surface area contributed by atoms with Gasteiger partial charge in [0, 0.05) is 12.1 Å². The van der Waals surface area contributed by atoms with Crippen molar-refractivity contribution in [3.63, 3.8) is 0 Å². The van der Waals surface area contributed by atoms with Crippen molar-refractivity contribution in [2.24, 2.45) is 0 Å². The normalized spacial score (nSPS) is 29.4. The van der Waals surface area contributed by atoms with Gasteiger partial charge in [0.25, 0.3) is 0 Å². The van der Waals surface area contributed by atoms with E-state index in [9.17, 15) is 13.2 Å². The topological polar surface area (TPSA) is 21.7 Å². The highest BCUT2D eigenvalue weighted by Crippen LogP contribution is 2.36. The van der Waals surface area contributed by atoms with Crippen LogP contribution in [0.3, 0.4) is 0 Å². The lowest BCUT2D eigenvalue weighted by Gasteiger charge is -2.36. The fourth-order valence-corrected chi connectivity index (χ4v) is 3.37. The molecule has 2 saturated heterocycles. The van der Waals surface area contributed by atoms with Crippen molar-refractivity contribution in [1.82, 2.24) is 4.90 Å². The zero-order valence-corrected chi connectivity index (χ0v) is 11.8. The molecule has 3 rings (SSSR count). The predicted molar refractivity (Wildman–Crippen MR) is 71.3 cm³/mol. The molecule has 0 saturated carbocycles. The highest BCUT2D eigenvalue weighted by Gasteiger charge is 2.39. The van der Waals surface area contributed by atoms with Crippen molar-refractivity contribution in [2.45, 2.75) is 50.2 Å². The van der Waals surface area contributed by atoms with Crippen molar-refractivity contribution in [3.05, 3.63) is 24.3 Å². The number of fused-ring (bicyclic) bond motifs is 2. The van der Waals surface area contributed by atoms with Gasteiger partial charge in [0.15, 0.2) is 0 Å². The van der Waals surface area contributed by atoms with Gasteiger partial charge in [-0.2, -0.15) is 0 Å². The molecular formula is C15H18F3NO2. The van der Waals surface area contributed by atoms with Gasteiger partial charge in [-0.3, -0.25) is 0 Å². The molecule has 2 bridgehead atoms. The van der Waals surface area contributed by atoms with Crippen LogP contribution in [0.25, 0.3) is 0 Å². The van der Waals surface area contributed by atoms with Gasteiger partial charge >= 0.3 is 6.36 Å². The van der Waals surface area contributed by atoms with Gasteiger partial charge in [-0.15, -0.1) is 13.2 Å². The molecule has 3 nitrogen and oxygen atoms in total. The third kappa shape index (κ3) is 3.43. The smallest absolute Gasteiger partial charge is 0.490 e. The fourth-order valence-electron chi connectivity index (χ4n) is 3.37. The molecule has 116 valence electrons. The Hall–Kier alpha value is -1.43. The third-order valence-corrected chi connectivity index (χ3v) is 4.42. The molecule has 1 aromatic carbocycles. The van der Waals surface area contributed by atoms with Crippen LogP contribution >= 0.6 is 0 Å². The van der Waals surface area contributed by atoms with Crippen LogP contribution in [-0.4, -0.2) is 36.5 Å². The molecule has 6 heteroatoms. The van der Waals surface area contributed by atoms with E-state index in [1.165, 1.54) is 37.1 Å². The van der Waals surface area contributed by atoms with Gasteiger partial charge in [0.05, 0.1) is 0 Å². The van der Waals surface area contributed by atoms with Gasteiger partial charge in [-0.05, 0) is 57.0 Å². The molecule has 0 aromatic heterocycles. The quantitative estimate of drug-likeness (QED) is 0.851. The zero-order chi connectivity index (χ0) is 15.0. The van der Waals surface area contributed by atoms with Gasteiger partial charge in [-0.1, -0.05) is 0 Å². The molecule has 0 radical (unpaired) electrons. The van der Waals surface area contributed by atoms with Crippen molar-refractivity contribution in [2.75, 3.05) is 7.05 Å². The summed E-state index contributed by atoms with van der Waals surface area (Å²) in [4.78, 5) is 2.42. The van der Waals surface area contributed by atoms with E-state index in [2.05, 4.69) is 16.7 Å². The SMILES string of the molecule is CN1C2CCC1CC(Oc1ccc(OC(F)(F)F)cc1)C2. The number of hydrogen-bond acceptors (Lipinski definition) is 3. The first-order valence-electron chi connectivity index (χ1n) is 7.15. The Labute approximate surface area is 121 Å². The summed E-state index contributed by atoms with van der Waals surface area (Å²) in [6, 6.07) is 6.77. The van der Waals surface area contributed by atoms with Crippen LogP contribution < -0.4 is 9.47 Å². The Morgan fingerprint density at radius 2 is 1.52 bits per heavy atom.